The smallest absolute Gasteiger partial charge is 0.135 e. The summed E-state index contributed by atoms with van der Waals surface area (Å²) in [5.74, 6) is 1.89. The molecular weight excluding hydrogens is 291 g/mol. The molecule has 2 heteroatoms. The van der Waals surface area contributed by atoms with E-state index >= 15 is 0 Å². The summed E-state index contributed by atoms with van der Waals surface area (Å²) in [4.78, 5) is 0. The summed E-state index contributed by atoms with van der Waals surface area (Å²) in [6, 6.07) is 22.4. The molecule has 0 bridgehead atoms. The lowest BCUT2D eigenvalue weighted by Crippen LogP contribution is -2.14. The molecule has 0 N–H and O–H groups in total. The van der Waals surface area contributed by atoms with Crippen molar-refractivity contribution in [3.63, 3.8) is 0 Å². The second kappa shape index (κ2) is 6.96. The maximum Gasteiger partial charge on any atom is 0.135 e. The van der Waals surface area contributed by atoms with Crippen LogP contribution in [-0.2, 0) is 0 Å². The highest BCUT2D eigenvalue weighted by atomic mass is 16.5. The average Bonchev–Trinajstić information content (AvgIpc) is 2.57. The highest BCUT2D eigenvalue weighted by molar-refractivity contribution is 6.35. The molecule has 0 aliphatic carbocycles. The zero-order valence-corrected chi connectivity index (χ0v) is 14.4. The zero-order valence-electron chi connectivity index (χ0n) is 14.4. The first-order chi connectivity index (χ1) is 11.6. The van der Waals surface area contributed by atoms with Gasteiger partial charge in [0.1, 0.15) is 19.3 Å². The van der Waals surface area contributed by atoms with Crippen LogP contribution >= 0.6 is 0 Å². The minimum atomic E-state index is 0.361. The normalized spacial score (nSPS) is 10.8. The van der Waals surface area contributed by atoms with Crippen molar-refractivity contribution in [2.45, 2.75) is 26.7 Å². The third-order valence-electron chi connectivity index (χ3n) is 4.26. The van der Waals surface area contributed by atoms with Gasteiger partial charge in [-0.15, -0.1) is 0 Å². The van der Waals surface area contributed by atoms with Gasteiger partial charge in [-0.25, -0.2) is 0 Å². The van der Waals surface area contributed by atoms with Crippen LogP contribution in [0.25, 0.3) is 11.1 Å². The van der Waals surface area contributed by atoms with E-state index in [1.54, 1.807) is 0 Å². The lowest BCUT2D eigenvalue weighted by atomic mass is 9.84. The summed E-state index contributed by atoms with van der Waals surface area (Å²) in [7, 11) is 6.33. The molecule has 0 amide bonds. The predicted molar refractivity (Wildman–Crippen MR) is 103 cm³/mol. The van der Waals surface area contributed by atoms with Gasteiger partial charge in [-0.2, -0.15) is 0 Å². The Kier molecular flexibility index (Phi) is 4.75. The van der Waals surface area contributed by atoms with E-state index in [4.69, 9.17) is 12.6 Å². The molecule has 2 radical (unpaired) electrons. The Morgan fingerprint density at radius 1 is 0.750 bits per heavy atom. The van der Waals surface area contributed by atoms with Gasteiger partial charge >= 0.3 is 0 Å². The van der Waals surface area contributed by atoms with Gasteiger partial charge in [0, 0.05) is 5.56 Å². The first-order valence-corrected chi connectivity index (χ1v) is 8.29. The Labute approximate surface area is 145 Å². The van der Waals surface area contributed by atoms with Gasteiger partial charge in [0.2, 0.25) is 0 Å². The molecule has 0 spiro atoms. The van der Waals surface area contributed by atoms with Gasteiger partial charge < -0.3 is 4.74 Å². The van der Waals surface area contributed by atoms with Crippen molar-refractivity contribution in [2.24, 2.45) is 0 Å². The summed E-state index contributed by atoms with van der Waals surface area (Å²) >= 11 is 0. The Bertz CT molecular complexity index is 852. The third kappa shape index (κ3) is 3.23. The maximum absolute atomic E-state index is 6.33. The molecule has 3 aromatic rings. The van der Waals surface area contributed by atoms with Crippen molar-refractivity contribution in [2.75, 3.05) is 0 Å². The van der Waals surface area contributed by atoms with E-state index in [0.29, 0.717) is 17.1 Å². The van der Waals surface area contributed by atoms with Crippen molar-refractivity contribution < 1.29 is 4.74 Å². The lowest BCUT2D eigenvalue weighted by molar-refractivity contribution is 0.487. The number of aryl methyl sites for hydroxylation is 1. The SMILES string of the molecule is [B]c1c(Oc2ccccc2-c2ccccc2C)cccc1C(C)C. The molecule has 118 valence electrons. The van der Waals surface area contributed by atoms with Crippen LogP contribution in [-0.4, -0.2) is 7.85 Å². The van der Waals surface area contributed by atoms with Crippen molar-refractivity contribution in [1.29, 1.82) is 0 Å². The first kappa shape index (κ1) is 16.4. The molecule has 0 saturated heterocycles. The molecule has 0 aliphatic heterocycles. The van der Waals surface area contributed by atoms with Crippen molar-refractivity contribution in [1.82, 2.24) is 0 Å². The van der Waals surface area contributed by atoms with E-state index in [-0.39, 0.29) is 0 Å². The lowest BCUT2D eigenvalue weighted by Gasteiger charge is -2.17. The van der Waals surface area contributed by atoms with Crippen molar-refractivity contribution >= 4 is 13.3 Å². The van der Waals surface area contributed by atoms with E-state index in [1.165, 1.54) is 11.1 Å². The second-order valence-corrected chi connectivity index (χ2v) is 6.33. The molecule has 0 aliphatic rings. The number of para-hydroxylation sites is 1. The standard InChI is InChI=1S/C22H21BO/c1-15(2)17-12-8-14-21(22(17)23)24-20-13-7-6-11-19(20)18-10-5-4-9-16(18)3/h4-15H,1-3H3. The Balaban J connectivity index is 2.04. The van der Waals surface area contributed by atoms with Crippen LogP contribution in [0.2, 0.25) is 0 Å². The molecule has 3 aromatic carbocycles. The summed E-state index contributed by atoms with van der Waals surface area (Å²) < 4.78 is 6.22. The number of rotatable bonds is 4. The molecule has 0 fully saturated rings. The molecule has 0 saturated carbocycles. The molecule has 0 heterocycles. The van der Waals surface area contributed by atoms with Gasteiger partial charge in [-0.1, -0.05) is 73.9 Å². The second-order valence-electron chi connectivity index (χ2n) is 6.33. The molecule has 1 nitrogen and oxygen atoms in total. The van der Waals surface area contributed by atoms with Crippen LogP contribution in [0.4, 0.5) is 0 Å². The minimum absolute atomic E-state index is 0.361. The fraction of sp³-hybridized carbons (Fsp3) is 0.182. The van der Waals surface area contributed by atoms with Gasteiger partial charge in [-0.3, -0.25) is 0 Å². The van der Waals surface area contributed by atoms with E-state index in [2.05, 4.69) is 45.0 Å². The highest BCUT2D eigenvalue weighted by Crippen LogP contribution is 2.34. The Morgan fingerprint density at radius 2 is 1.38 bits per heavy atom. The Hall–Kier alpha value is -2.48. The fourth-order valence-corrected chi connectivity index (χ4v) is 2.93. The van der Waals surface area contributed by atoms with Gasteiger partial charge in [-0.05, 0) is 41.7 Å². The van der Waals surface area contributed by atoms with Crippen molar-refractivity contribution in [3.8, 4) is 22.6 Å². The number of hydrogen-bond acceptors (Lipinski definition) is 1. The van der Waals surface area contributed by atoms with Crippen LogP contribution in [0.3, 0.4) is 0 Å². The van der Waals surface area contributed by atoms with Crippen LogP contribution < -0.4 is 10.2 Å². The summed E-state index contributed by atoms with van der Waals surface area (Å²) in [6.07, 6.45) is 0. The van der Waals surface area contributed by atoms with E-state index in [0.717, 1.165) is 16.9 Å². The largest absolute Gasteiger partial charge is 0.457 e. The number of ether oxygens (including phenoxy) is 1. The van der Waals surface area contributed by atoms with Gasteiger partial charge in [0.25, 0.3) is 0 Å². The van der Waals surface area contributed by atoms with Crippen molar-refractivity contribution in [3.05, 3.63) is 77.9 Å². The molecule has 3 rings (SSSR count). The molecule has 24 heavy (non-hydrogen) atoms. The molecule has 0 aromatic heterocycles. The van der Waals surface area contributed by atoms with E-state index in [9.17, 15) is 0 Å². The maximum atomic E-state index is 6.33. The summed E-state index contributed by atoms with van der Waals surface area (Å²) in [5.41, 5.74) is 5.29. The quantitative estimate of drug-likeness (QED) is 0.588. The summed E-state index contributed by atoms with van der Waals surface area (Å²) in [6.45, 7) is 6.38. The number of benzene rings is 3. The zero-order chi connectivity index (χ0) is 17.1. The predicted octanol–water partition coefficient (Wildman–Crippen LogP) is 5.37. The molecular formula is C22H21BO. The highest BCUT2D eigenvalue weighted by Gasteiger charge is 2.12. The van der Waals surface area contributed by atoms with Crippen LogP contribution in [0, 0.1) is 6.92 Å². The fourth-order valence-electron chi connectivity index (χ4n) is 2.93. The van der Waals surface area contributed by atoms with E-state index in [1.807, 2.05) is 42.5 Å². The van der Waals surface area contributed by atoms with Gasteiger partial charge in [0.05, 0.1) is 0 Å². The van der Waals surface area contributed by atoms with Crippen LogP contribution in [0.5, 0.6) is 11.5 Å². The van der Waals surface area contributed by atoms with E-state index < -0.39 is 0 Å². The monoisotopic (exact) mass is 312 g/mol. The van der Waals surface area contributed by atoms with Crippen LogP contribution in [0.1, 0.15) is 30.9 Å². The molecule has 0 unspecified atom stereocenters. The van der Waals surface area contributed by atoms with Crippen LogP contribution in [0.15, 0.2) is 66.7 Å². The average molecular weight is 312 g/mol. The first-order valence-electron chi connectivity index (χ1n) is 8.29. The number of hydrogen-bond donors (Lipinski definition) is 0. The minimum Gasteiger partial charge on any atom is -0.457 e. The third-order valence-corrected chi connectivity index (χ3v) is 4.26. The summed E-state index contributed by atoms with van der Waals surface area (Å²) in [5, 5.41) is 0. The molecule has 0 atom stereocenters. The topological polar surface area (TPSA) is 9.23 Å². The Morgan fingerprint density at radius 3 is 2.08 bits per heavy atom. The van der Waals surface area contributed by atoms with Gasteiger partial charge in [0.15, 0.2) is 0 Å².